The van der Waals surface area contributed by atoms with E-state index in [1.807, 2.05) is 6.07 Å². The number of para-hydroxylation sites is 1. The fraction of sp³-hybridized carbons (Fsp3) is 0.647. The zero-order valence-corrected chi connectivity index (χ0v) is 12.9. The van der Waals surface area contributed by atoms with Crippen LogP contribution in [-0.2, 0) is 4.74 Å². The second kappa shape index (κ2) is 7.65. The summed E-state index contributed by atoms with van der Waals surface area (Å²) in [5, 5.41) is 3.51. The van der Waals surface area contributed by atoms with E-state index >= 15 is 0 Å². The van der Waals surface area contributed by atoms with Gasteiger partial charge in [-0.15, -0.1) is 0 Å². The molecule has 3 heteroatoms. The van der Waals surface area contributed by atoms with E-state index in [9.17, 15) is 0 Å². The first-order valence-corrected chi connectivity index (χ1v) is 7.85. The van der Waals surface area contributed by atoms with Gasteiger partial charge < -0.3 is 14.8 Å². The average Bonchev–Trinajstić information content (AvgIpc) is 2.89. The molecule has 1 aromatic rings. The highest BCUT2D eigenvalue weighted by Gasteiger charge is 2.23. The van der Waals surface area contributed by atoms with Crippen molar-refractivity contribution in [1.29, 1.82) is 0 Å². The summed E-state index contributed by atoms with van der Waals surface area (Å²) in [7, 11) is 0. The number of rotatable bonds is 7. The highest BCUT2D eigenvalue weighted by Crippen LogP contribution is 2.28. The molecule has 1 saturated heterocycles. The van der Waals surface area contributed by atoms with Crippen LogP contribution in [0.4, 0.5) is 0 Å². The smallest absolute Gasteiger partial charge is 0.124 e. The third kappa shape index (κ3) is 3.97. The van der Waals surface area contributed by atoms with Gasteiger partial charge in [0.15, 0.2) is 0 Å². The summed E-state index contributed by atoms with van der Waals surface area (Å²) in [6.45, 7) is 8.10. The standard InChI is InChI=1S/C17H27NO2/c1-4-16(18-5-2)15-8-6-7-9-17(15)19-12-14-11-10-13(3)20-14/h6-9,13-14,16,18H,4-5,10-12H2,1-3H3. The molecule has 3 atom stereocenters. The van der Waals surface area contributed by atoms with Crippen molar-refractivity contribution in [2.24, 2.45) is 0 Å². The zero-order chi connectivity index (χ0) is 14.4. The first-order chi connectivity index (χ1) is 9.74. The van der Waals surface area contributed by atoms with E-state index in [0.29, 0.717) is 18.8 Å². The van der Waals surface area contributed by atoms with Crippen molar-refractivity contribution in [3.63, 3.8) is 0 Å². The Morgan fingerprint density at radius 1 is 1.30 bits per heavy atom. The molecule has 0 amide bonds. The largest absolute Gasteiger partial charge is 0.491 e. The van der Waals surface area contributed by atoms with E-state index in [-0.39, 0.29) is 6.10 Å². The Hall–Kier alpha value is -1.06. The van der Waals surface area contributed by atoms with E-state index in [1.54, 1.807) is 0 Å². The van der Waals surface area contributed by atoms with Crippen LogP contribution < -0.4 is 10.1 Å². The molecular formula is C17H27NO2. The van der Waals surface area contributed by atoms with Gasteiger partial charge in [-0.1, -0.05) is 32.0 Å². The third-order valence-corrected chi connectivity index (χ3v) is 3.90. The number of ether oxygens (including phenoxy) is 2. The van der Waals surface area contributed by atoms with Gasteiger partial charge in [0.05, 0.1) is 12.2 Å². The third-order valence-electron chi connectivity index (χ3n) is 3.90. The second-order valence-electron chi connectivity index (χ2n) is 5.51. The molecule has 1 aliphatic rings. The molecule has 1 heterocycles. The van der Waals surface area contributed by atoms with Crippen LogP contribution in [0.25, 0.3) is 0 Å². The van der Waals surface area contributed by atoms with Gasteiger partial charge in [-0.3, -0.25) is 0 Å². The predicted octanol–water partition coefficient (Wildman–Crippen LogP) is 3.69. The van der Waals surface area contributed by atoms with Crippen molar-refractivity contribution in [1.82, 2.24) is 5.32 Å². The Bertz CT molecular complexity index is 408. The summed E-state index contributed by atoms with van der Waals surface area (Å²) in [4.78, 5) is 0. The molecule has 112 valence electrons. The molecule has 0 aliphatic carbocycles. The van der Waals surface area contributed by atoms with Crippen molar-refractivity contribution in [3.8, 4) is 5.75 Å². The molecule has 0 aromatic heterocycles. The van der Waals surface area contributed by atoms with Crippen LogP contribution in [0.3, 0.4) is 0 Å². The number of benzene rings is 1. The Morgan fingerprint density at radius 3 is 2.75 bits per heavy atom. The molecule has 2 rings (SSSR count). The van der Waals surface area contributed by atoms with Crippen molar-refractivity contribution in [2.45, 2.75) is 58.3 Å². The van der Waals surface area contributed by atoms with Gasteiger partial charge in [0.1, 0.15) is 12.4 Å². The highest BCUT2D eigenvalue weighted by molar-refractivity contribution is 5.36. The van der Waals surface area contributed by atoms with Gasteiger partial charge in [0, 0.05) is 11.6 Å². The summed E-state index contributed by atoms with van der Waals surface area (Å²) >= 11 is 0. The van der Waals surface area contributed by atoms with Gasteiger partial charge in [0.2, 0.25) is 0 Å². The maximum atomic E-state index is 6.03. The number of nitrogens with one attached hydrogen (secondary N) is 1. The molecule has 0 saturated carbocycles. The van der Waals surface area contributed by atoms with E-state index in [4.69, 9.17) is 9.47 Å². The van der Waals surface area contributed by atoms with Crippen LogP contribution in [0.5, 0.6) is 5.75 Å². The summed E-state index contributed by atoms with van der Waals surface area (Å²) in [6.07, 6.45) is 3.94. The molecule has 1 N–H and O–H groups in total. The molecule has 20 heavy (non-hydrogen) atoms. The Labute approximate surface area is 122 Å². The maximum absolute atomic E-state index is 6.03. The fourth-order valence-electron chi connectivity index (χ4n) is 2.81. The first kappa shape index (κ1) is 15.3. The molecule has 1 aliphatic heterocycles. The van der Waals surface area contributed by atoms with E-state index in [0.717, 1.165) is 31.6 Å². The Balaban J connectivity index is 1.99. The summed E-state index contributed by atoms with van der Waals surface area (Å²) in [6, 6.07) is 8.70. The van der Waals surface area contributed by atoms with Gasteiger partial charge in [-0.05, 0) is 38.8 Å². The monoisotopic (exact) mass is 277 g/mol. The van der Waals surface area contributed by atoms with Gasteiger partial charge in [0.25, 0.3) is 0 Å². The minimum atomic E-state index is 0.247. The van der Waals surface area contributed by atoms with Gasteiger partial charge in [-0.2, -0.15) is 0 Å². The summed E-state index contributed by atoms with van der Waals surface area (Å²) in [5.74, 6) is 0.989. The van der Waals surface area contributed by atoms with Gasteiger partial charge in [-0.25, -0.2) is 0 Å². The number of hydrogen-bond acceptors (Lipinski definition) is 3. The molecule has 0 bridgehead atoms. The lowest BCUT2D eigenvalue weighted by Gasteiger charge is -2.21. The molecule has 1 aromatic carbocycles. The predicted molar refractivity (Wildman–Crippen MR) is 82.2 cm³/mol. The van der Waals surface area contributed by atoms with Crippen LogP contribution in [0.2, 0.25) is 0 Å². The molecule has 0 radical (unpaired) electrons. The van der Waals surface area contributed by atoms with Gasteiger partial charge >= 0.3 is 0 Å². The van der Waals surface area contributed by atoms with Crippen LogP contribution in [0, 0.1) is 0 Å². The quantitative estimate of drug-likeness (QED) is 0.824. The van der Waals surface area contributed by atoms with E-state index in [1.165, 1.54) is 5.56 Å². The highest BCUT2D eigenvalue weighted by atomic mass is 16.5. The normalized spacial score (nSPS) is 23.8. The molecule has 0 spiro atoms. The molecular weight excluding hydrogens is 250 g/mol. The molecule has 3 nitrogen and oxygen atoms in total. The van der Waals surface area contributed by atoms with Crippen LogP contribution in [-0.4, -0.2) is 25.4 Å². The SMILES string of the molecule is CCNC(CC)c1ccccc1OCC1CCC(C)O1. The summed E-state index contributed by atoms with van der Waals surface area (Å²) < 4.78 is 11.9. The van der Waals surface area contributed by atoms with Crippen molar-refractivity contribution in [3.05, 3.63) is 29.8 Å². The van der Waals surface area contributed by atoms with Crippen molar-refractivity contribution in [2.75, 3.05) is 13.2 Å². The van der Waals surface area contributed by atoms with Crippen LogP contribution in [0.1, 0.15) is 51.6 Å². The first-order valence-electron chi connectivity index (χ1n) is 7.85. The van der Waals surface area contributed by atoms with Crippen molar-refractivity contribution < 1.29 is 9.47 Å². The minimum absolute atomic E-state index is 0.247. The van der Waals surface area contributed by atoms with E-state index < -0.39 is 0 Å². The Kier molecular flexibility index (Phi) is 5.86. The lowest BCUT2D eigenvalue weighted by atomic mass is 10.0. The molecule has 1 fully saturated rings. The van der Waals surface area contributed by atoms with Crippen molar-refractivity contribution >= 4 is 0 Å². The fourth-order valence-corrected chi connectivity index (χ4v) is 2.81. The summed E-state index contributed by atoms with van der Waals surface area (Å²) in [5.41, 5.74) is 1.25. The maximum Gasteiger partial charge on any atom is 0.124 e. The Morgan fingerprint density at radius 2 is 2.10 bits per heavy atom. The minimum Gasteiger partial charge on any atom is -0.491 e. The lowest BCUT2D eigenvalue weighted by molar-refractivity contribution is 0.0261. The van der Waals surface area contributed by atoms with Crippen LogP contribution in [0.15, 0.2) is 24.3 Å². The van der Waals surface area contributed by atoms with E-state index in [2.05, 4.69) is 44.3 Å². The molecule has 3 unspecified atom stereocenters. The zero-order valence-electron chi connectivity index (χ0n) is 12.9. The topological polar surface area (TPSA) is 30.5 Å². The van der Waals surface area contributed by atoms with Crippen LogP contribution >= 0.6 is 0 Å². The second-order valence-corrected chi connectivity index (χ2v) is 5.51. The average molecular weight is 277 g/mol. The number of hydrogen-bond donors (Lipinski definition) is 1. The lowest BCUT2D eigenvalue weighted by Crippen LogP contribution is -2.22.